The number of aliphatic hydroxyl groups is 7. The number of carbonyl (C=O) groups excluding carboxylic acids is 1. The Morgan fingerprint density at radius 3 is 2.25 bits per heavy atom. The number of carbonyl (C=O) groups is 1. The summed E-state index contributed by atoms with van der Waals surface area (Å²) >= 11 is 0. The largest absolute Gasteiger partial charge is 0.392 e. The SMILES string of the molecule is CC(C)[C@](C)(O)C[C@@H](O)[C@](C)(O)C1CC[C@@]2(O)C3=CC(=O)[C@@H]4C[C@@H](O)[C@@H](O)C[C@]4(C)C3[C@H](O)C[C@]12C. The van der Waals surface area contributed by atoms with Crippen LogP contribution < -0.4 is 0 Å². The van der Waals surface area contributed by atoms with Crippen LogP contribution in [0.5, 0.6) is 0 Å². The maximum Gasteiger partial charge on any atom is 0.159 e. The molecular weight excluding hydrogens is 464 g/mol. The minimum atomic E-state index is -1.67. The van der Waals surface area contributed by atoms with Crippen LogP contribution in [0.15, 0.2) is 11.6 Å². The van der Waals surface area contributed by atoms with E-state index >= 15 is 0 Å². The topological polar surface area (TPSA) is 159 Å². The number of hydrogen-bond donors (Lipinski definition) is 7. The summed E-state index contributed by atoms with van der Waals surface area (Å²) in [4.78, 5) is 13.3. The summed E-state index contributed by atoms with van der Waals surface area (Å²) in [6.07, 6.45) is -1.83. The Labute approximate surface area is 214 Å². The van der Waals surface area contributed by atoms with Gasteiger partial charge < -0.3 is 35.7 Å². The van der Waals surface area contributed by atoms with E-state index in [1.807, 2.05) is 27.7 Å². The first-order valence-corrected chi connectivity index (χ1v) is 13.5. The Morgan fingerprint density at radius 1 is 1.06 bits per heavy atom. The lowest BCUT2D eigenvalue weighted by atomic mass is 9.44. The fraction of sp³-hybridized carbons (Fsp3) is 0.893. The highest BCUT2D eigenvalue weighted by Gasteiger charge is 2.71. The van der Waals surface area contributed by atoms with Crippen molar-refractivity contribution in [3.8, 4) is 0 Å². The van der Waals surface area contributed by atoms with Gasteiger partial charge in [-0.3, -0.25) is 4.79 Å². The van der Waals surface area contributed by atoms with Crippen LogP contribution in [0.25, 0.3) is 0 Å². The van der Waals surface area contributed by atoms with E-state index in [-0.39, 0.29) is 43.8 Å². The smallest absolute Gasteiger partial charge is 0.159 e. The van der Waals surface area contributed by atoms with E-state index in [1.54, 1.807) is 6.92 Å². The van der Waals surface area contributed by atoms with Gasteiger partial charge in [-0.1, -0.05) is 27.7 Å². The molecule has 4 aliphatic carbocycles. The van der Waals surface area contributed by atoms with Gasteiger partial charge in [-0.05, 0) is 74.9 Å². The fourth-order valence-corrected chi connectivity index (χ4v) is 8.49. The van der Waals surface area contributed by atoms with Gasteiger partial charge in [0, 0.05) is 23.7 Å². The molecule has 3 fully saturated rings. The quantitative estimate of drug-likeness (QED) is 0.289. The maximum atomic E-state index is 13.3. The zero-order valence-corrected chi connectivity index (χ0v) is 22.5. The molecule has 4 rings (SSSR count). The Morgan fingerprint density at radius 2 is 1.67 bits per heavy atom. The van der Waals surface area contributed by atoms with Crippen molar-refractivity contribution in [3.05, 3.63) is 11.6 Å². The van der Waals surface area contributed by atoms with E-state index in [4.69, 9.17) is 0 Å². The normalized spacial score (nSPS) is 48.8. The summed E-state index contributed by atoms with van der Waals surface area (Å²) in [6, 6.07) is 0. The van der Waals surface area contributed by atoms with E-state index in [1.165, 1.54) is 13.0 Å². The second-order valence-electron chi connectivity index (χ2n) is 13.7. The highest BCUT2D eigenvalue weighted by atomic mass is 16.3. The fourth-order valence-electron chi connectivity index (χ4n) is 8.49. The van der Waals surface area contributed by atoms with Crippen LogP contribution in [0.1, 0.15) is 80.1 Å². The van der Waals surface area contributed by atoms with Crippen molar-refractivity contribution < 1.29 is 40.5 Å². The third-order valence-corrected chi connectivity index (χ3v) is 11.3. The van der Waals surface area contributed by atoms with Crippen molar-refractivity contribution in [3.63, 3.8) is 0 Å². The lowest BCUT2D eigenvalue weighted by Gasteiger charge is -2.62. The summed E-state index contributed by atoms with van der Waals surface area (Å²) < 4.78 is 0. The molecule has 0 aromatic rings. The molecule has 3 saturated carbocycles. The van der Waals surface area contributed by atoms with Gasteiger partial charge in [0.2, 0.25) is 0 Å². The van der Waals surface area contributed by atoms with Crippen LogP contribution in [0.2, 0.25) is 0 Å². The average molecular weight is 511 g/mol. The third-order valence-electron chi connectivity index (χ3n) is 11.3. The standard InChI is InChI=1S/C28H46O8/c1-14(2)26(5,34)13-22(33)27(6,35)21-7-8-28(36)16-10-17(29)15-9-18(30)19(31)11-24(15,3)23(16)20(32)12-25(21,28)4/h10,14-15,18-23,30-36H,7-9,11-13H2,1-6H3/t15-,18+,19-,20+,21?,22+,23?,24-,25+,26+,27+,28+/m0/s1. The third kappa shape index (κ3) is 3.78. The zero-order valence-electron chi connectivity index (χ0n) is 22.5. The predicted octanol–water partition coefficient (Wildman–Crippen LogP) is 1.07. The molecule has 7 N–H and O–H groups in total. The Hall–Kier alpha value is -0.870. The van der Waals surface area contributed by atoms with Crippen molar-refractivity contribution in [2.45, 2.75) is 121 Å². The van der Waals surface area contributed by atoms with Crippen LogP contribution in [-0.2, 0) is 4.79 Å². The molecule has 0 amide bonds. The number of fused-ring (bicyclic) bond motifs is 5. The van der Waals surface area contributed by atoms with Gasteiger partial charge in [-0.2, -0.15) is 0 Å². The summed E-state index contributed by atoms with van der Waals surface area (Å²) in [5, 5.41) is 78.1. The van der Waals surface area contributed by atoms with E-state index in [9.17, 15) is 40.5 Å². The van der Waals surface area contributed by atoms with E-state index in [0.29, 0.717) is 12.0 Å². The van der Waals surface area contributed by atoms with Crippen LogP contribution in [0, 0.1) is 34.5 Å². The second kappa shape index (κ2) is 8.57. The number of hydrogen-bond acceptors (Lipinski definition) is 8. The average Bonchev–Trinajstić information content (AvgIpc) is 3.01. The van der Waals surface area contributed by atoms with Crippen LogP contribution in [-0.4, -0.2) is 82.7 Å². The van der Waals surface area contributed by atoms with Gasteiger partial charge in [0.25, 0.3) is 0 Å². The van der Waals surface area contributed by atoms with Crippen molar-refractivity contribution in [2.75, 3.05) is 0 Å². The molecule has 8 heteroatoms. The highest BCUT2D eigenvalue weighted by Crippen LogP contribution is 2.68. The minimum Gasteiger partial charge on any atom is -0.392 e. The molecule has 0 aromatic heterocycles. The number of allylic oxidation sites excluding steroid dienone is 1. The maximum absolute atomic E-state index is 13.3. The summed E-state index contributed by atoms with van der Waals surface area (Å²) in [6.45, 7) is 10.5. The molecule has 0 heterocycles. The van der Waals surface area contributed by atoms with Gasteiger partial charge in [0.15, 0.2) is 5.78 Å². The molecule has 2 unspecified atom stereocenters. The van der Waals surface area contributed by atoms with E-state index < -0.39 is 69.8 Å². The van der Waals surface area contributed by atoms with Crippen molar-refractivity contribution in [1.82, 2.24) is 0 Å². The van der Waals surface area contributed by atoms with Crippen molar-refractivity contribution in [2.24, 2.45) is 34.5 Å². The molecule has 206 valence electrons. The first-order valence-electron chi connectivity index (χ1n) is 13.5. The monoisotopic (exact) mass is 510 g/mol. The Kier molecular flexibility index (Phi) is 6.70. The molecule has 4 aliphatic rings. The zero-order chi connectivity index (χ0) is 27.2. The molecule has 0 aromatic carbocycles. The molecule has 8 nitrogen and oxygen atoms in total. The van der Waals surface area contributed by atoms with Crippen LogP contribution >= 0.6 is 0 Å². The lowest BCUT2D eigenvalue weighted by molar-refractivity contribution is -0.201. The molecule has 0 bridgehead atoms. The molecule has 12 atom stereocenters. The van der Waals surface area contributed by atoms with Gasteiger partial charge in [-0.25, -0.2) is 0 Å². The first kappa shape index (κ1) is 28.1. The second-order valence-corrected chi connectivity index (χ2v) is 13.7. The summed E-state index contributed by atoms with van der Waals surface area (Å²) in [5.41, 5.74) is -5.79. The molecule has 0 saturated heterocycles. The Balaban J connectivity index is 1.73. The Bertz CT molecular complexity index is 927. The van der Waals surface area contributed by atoms with Crippen LogP contribution in [0.4, 0.5) is 0 Å². The van der Waals surface area contributed by atoms with E-state index in [0.717, 1.165) is 0 Å². The minimum absolute atomic E-state index is 0.0466. The molecule has 36 heavy (non-hydrogen) atoms. The predicted molar refractivity (Wildman–Crippen MR) is 133 cm³/mol. The molecule has 0 radical (unpaired) electrons. The van der Waals surface area contributed by atoms with Gasteiger partial charge >= 0.3 is 0 Å². The first-order chi connectivity index (χ1) is 16.3. The van der Waals surface area contributed by atoms with Crippen molar-refractivity contribution >= 4 is 5.78 Å². The van der Waals surface area contributed by atoms with Gasteiger partial charge in [0.05, 0.1) is 41.2 Å². The lowest BCUT2D eigenvalue weighted by Crippen LogP contribution is -2.66. The van der Waals surface area contributed by atoms with Crippen molar-refractivity contribution in [1.29, 1.82) is 0 Å². The highest BCUT2D eigenvalue weighted by molar-refractivity contribution is 5.95. The number of aliphatic hydroxyl groups excluding tert-OH is 4. The van der Waals surface area contributed by atoms with Gasteiger partial charge in [-0.15, -0.1) is 0 Å². The molecular formula is C28H46O8. The van der Waals surface area contributed by atoms with Gasteiger partial charge in [0.1, 0.15) is 0 Å². The summed E-state index contributed by atoms with van der Waals surface area (Å²) in [5.74, 6) is -2.11. The van der Waals surface area contributed by atoms with Crippen LogP contribution in [0.3, 0.4) is 0 Å². The van der Waals surface area contributed by atoms with E-state index in [2.05, 4.69) is 0 Å². The number of ketones is 1. The summed E-state index contributed by atoms with van der Waals surface area (Å²) in [7, 11) is 0. The molecule has 0 spiro atoms. The molecule has 0 aliphatic heterocycles. The number of rotatable bonds is 5.